The number of anilines is 2. The monoisotopic (exact) mass is 452 g/mol. The number of nitrogens with two attached hydrogens (primary N) is 1. The molecule has 172 valence electrons. The summed E-state index contributed by atoms with van der Waals surface area (Å²) in [5.41, 5.74) is 9.12. The number of hydrogen-bond donors (Lipinski definition) is 4. The molecule has 2 amide bonds. The van der Waals surface area contributed by atoms with Crippen molar-refractivity contribution in [3.05, 3.63) is 59.2 Å². The zero-order valence-electron chi connectivity index (χ0n) is 17.7. The molecule has 0 unspecified atom stereocenters. The molecule has 1 saturated heterocycles. The van der Waals surface area contributed by atoms with Crippen LogP contribution in [0.5, 0.6) is 0 Å². The van der Waals surface area contributed by atoms with Crippen LogP contribution in [-0.4, -0.2) is 65.7 Å². The standard InChI is InChI=1S/C23H24N4O6/c24-21-17-5-4-15(12-14(17)6-7-25-21)26-22(31)19(30)20-23(32)27(8-9-33-20)16-3-1-2-13(10-16)11-18(28)29/h1-5,10,12,19-20,30H,6-9,11H2,(H2,24,25)(H,26,31)(H,28,29)/t19-,20-/m1/s1. The molecule has 4 rings (SSSR count). The zero-order valence-corrected chi connectivity index (χ0v) is 17.7. The maximum atomic E-state index is 13.0. The summed E-state index contributed by atoms with van der Waals surface area (Å²) in [6.45, 7) is 0.891. The molecule has 0 spiro atoms. The van der Waals surface area contributed by atoms with Crippen molar-refractivity contribution in [2.24, 2.45) is 10.7 Å². The number of carboxylic acid groups (broad SMARTS) is 1. The van der Waals surface area contributed by atoms with Gasteiger partial charge in [-0.1, -0.05) is 12.1 Å². The fourth-order valence-electron chi connectivity index (χ4n) is 3.96. The van der Waals surface area contributed by atoms with Gasteiger partial charge in [-0.15, -0.1) is 0 Å². The van der Waals surface area contributed by atoms with Crippen LogP contribution < -0.4 is 16.0 Å². The second-order valence-electron chi connectivity index (χ2n) is 7.84. The van der Waals surface area contributed by atoms with Crippen molar-refractivity contribution in [1.29, 1.82) is 0 Å². The minimum Gasteiger partial charge on any atom is -0.481 e. The van der Waals surface area contributed by atoms with Crippen molar-refractivity contribution >= 4 is 35.0 Å². The molecule has 2 heterocycles. The molecule has 0 aliphatic carbocycles. The SMILES string of the molecule is NC1=NCCc2cc(NC(=O)[C@H](O)[C@H]3OCCN(c4cccc(CC(=O)O)c4)C3=O)ccc21. The number of rotatable bonds is 6. The van der Waals surface area contributed by atoms with E-state index in [0.29, 0.717) is 35.7 Å². The van der Waals surface area contributed by atoms with Crippen LogP contribution in [0.25, 0.3) is 0 Å². The van der Waals surface area contributed by atoms with Gasteiger partial charge in [0.1, 0.15) is 5.84 Å². The number of ether oxygens (including phenoxy) is 1. The van der Waals surface area contributed by atoms with Gasteiger partial charge < -0.3 is 30.9 Å². The molecular formula is C23H24N4O6. The summed E-state index contributed by atoms with van der Waals surface area (Å²) >= 11 is 0. The van der Waals surface area contributed by atoms with Gasteiger partial charge in [0, 0.05) is 30.0 Å². The van der Waals surface area contributed by atoms with Gasteiger partial charge in [-0.2, -0.15) is 0 Å². The number of amides is 2. The van der Waals surface area contributed by atoms with Gasteiger partial charge in [-0.25, -0.2) is 0 Å². The molecule has 0 radical (unpaired) electrons. The summed E-state index contributed by atoms with van der Waals surface area (Å²) in [4.78, 5) is 42.3. The number of aliphatic imine (C=N–C) groups is 1. The molecule has 33 heavy (non-hydrogen) atoms. The number of hydrogen-bond acceptors (Lipinski definition) is 7. The summed E-state index contributed by atoms with van der Waals surface area (Å²) in [7, 11) is 0. The predicted molar refractivity (Wildman–Crippen MR) is 120 cm³/mol. The van der Waals surface area contributed by atoms with E-state index in [9.17, 15) is 19.5 Å². The predicted octanol–water partition coefficient (Wildman–Crippen LogP) is 0.306. The number of nitrogens with one attached hydrogen (secondary N) is 1. The lowest BCUT2D eigenvalue weighted by Crippen LogP contribution is -2.55. The van der Waals surface area contributed by atoms with Crippen molar-refractivity contribution in [2.75, 3.05) is 29.9 Å². The molecule has 0 saturated carbocycles. The smallest absolute Gasteiger partial charge is 0.307 e. The van der Waals surface area contributed by atoms with Gasteiger partial charge >= 0.3 is 5.97 Å². The lowest BCUT2D eigenvalue weighted by Gasteiger charge is -2.34. The Labute approximate surface area is 189 Å². The number of aliphatic hydroxyl groups excluding tert-OH is 1. The van der Waals surface area contributed by atoms with Gasteiger partial charge in [-0.3, -0.25) is 19.4 Å². The van der Waals surface area contributed by atoms with Crippen LogP contribution in [0.4, 0.5) is 11.4 Å². The average molecular weight is 452 g/mol. The number of amidine groups is 1. The second kappa shape index (κ2) is 9.39. The number of benzene rings is 2. The normalized spacial score (nSPS) is 18.8. The first-order valence-electron chi connectivity index (χ1n) is 10.5. The van der Waals surface area contributed by atoms with E-state index in [1.807, 2.05) is 0 Å². The van der Waals surface area contributed by atoms with E-state index in [2.05, 4.69) is 10.3 Å². The van der Waals surface area contributed by atoms with Crippen molar-refractivity contribution in [3.8, 4) is 0 Å². The van der Waals surface area contributed by atoms with E-state index in [1.54, 1.807) is 42.5 Å². The summed E-state index contributed by atoms with van der Waals surface area (Å²) in [6, 6.07) is 11.8. The van der Waals surface area contributed by atoms with Crippen LogP contribution in [0.3, 0.4) is 0 Å². The molecule has 2 aromatic rings. The first-order chi connectivity index (χ1) is 15.8. The van der Waals surface area contributed by atoms with Crippen LogP contribution in [0.2, 0.25) is 0 Å². The van der Waals surface area contributed by atoms with Crippen molar-refractivity contribution in [3.63, 3.8) is 0 Å². The Bertz CT molecular complexity index is 1130. The number of carbonyl (C=O) groups is 3. The summed E-state index contributed by atoms with van der Waals surface area (Å²) in [6.07, 6.45) is -2.62. The maximum absolute atomic E-state index is 13.0. The van der Waals surface area contributed by atoms with E-state index < -0.39 is 30.0 Å². The van der Waals surface area contributed by atoms with Gasteiger partial charge in [0.2, 0.25) is 0 Å². The summed E-state index contributed by atoms with van der Waals surface area (Å²) in [5.74, 6) is -1.89. The zero-order chi connectivity index (χ0) is 23.5. The fraction of sp³-hybridized carbons (Fsp3) is 0.304. The first kappa shape index (κ1) is 22.4. The lowest BCUT2D eigenvalue weighted by molar-refractivity contribution is -0.150. The molecule has 0 bridgehead atoms. The number of carboxylic acids is 1. The molecule has 10 nitrogen and oxygen atoms in total. The summed E-state index contributed by atoms with van der Waals surface area (Å²) < 4.78 is 5.43. The van der Waals surface area contributed by atoms with Crippen LogP contribution in [0.1, 0.15) is 16.7 Å². The fourth-order valence-corrected chi connectivity index (χ4v) is 3.96. The molecule has 2 aromatic carbocycles. The molecule has 10 heteroatoms. The molecule has 5 N–H and O–H groups in total. The molecular weight excluding hydrogens is 428 g/mol. The van der Waals surface area contributed by atoms with Gasteiger partial charge in [0.15, 0.2) is 12.2 Å². The van der Waals surface area contributed by atoms with Gasteiger partial charge in [0.25, 0.3) is 11.8 Å². The third kappa shape index (κ3) is 4.86. The number of morpholine rings is 1. The highest BCUT2D eigenvalue weighted by Gasteiger charge is 2.39. The molecule has 2 aliphatic heterocycles. The maximum Gasteiger partial charge on any atom is 0.307 e. The minimum atomic E-state index is -1.73. The van der Waals surface area contributed by atoms with Crippen molar-refractivity contribution < 1.29 is 29.3 Å². The number of carbonyl (C=O) groups excluding carboxylic acids is 2. The van der Waals surface area contributed by atoms with Crippen LogP contribution in [0.15, 0.2) is 47.5 Å². The molecule has 1 fully saturated rings. The highest BCUT2D eigenvalue weighted by Crippen LogP contribution is 2.23. The second-order valence-corrected chi connectivity index (χ2v) is 7.84. The highest BCUT2D eigenvalue weighted by molar-refractivity contribution is 6.04. The topological polar surface area (TPSA) is 155 Å². The lowest BCUT2D eigenvalue weighted by atomic mass is 10.0. The third-order valence-electron chi connectivity index (χ3n) is 5.57. The van der Waals surface area contributed by atoms with E-state index in [1.165, 1.54) is 4.90 Å². The highest BCUT2D eigenvalue weighted by atomic mass is 16.5. The van der Waals surface area contributed by atoms with Gasteiger partial charge in [0.05, 0.1) is 13.0 Å². The van der Waals surface area contributed by atoms with Crippen LogP contribution >= 0.6 is 0 Å². The Balaban J connectivity index is 1.46. The van der Waals surface area contributed by atoms with E-state index >= 15 is 0 Å². The van der Waals surface area contributed by atoms with Gasteiger partial charge in [-0.05, 0) is 47.9 Å². The van der Waals surface area contributed by atoms with E-state index in [-0.39, 0.29) is 19.6 Å². The van der Waals surface area contributed by atoms with Crippen molar-refractivity contribution in [2.45, 2.75) is 25.0 Å². The number of nitrogens with zero attached hydrogens (tertiary/aromatic N) is 2. The van der Waals surface area contributed by atoms with Crippen molar-refractivity contribution in [1.82, 2.24) is 0 Å². The van der Waals surface area contributed by atoms with E-state index in [0.717, 1.165) is 11.1 Å². The molecule has 0 aromatic heterocycles. The number of aliphatic hydroxyl groups is 1. The molecule has 2 atom stereocenters. The largest absolute Gasteiger partial charge is 0.481 e. The Morgan fingerprint density at radius 1 is 1.27 bits per heavy atom. The third-order valence-corrected chi connectivity index (χ3v) is 5.57. The van der Waals surface area contributed by atoms with Crippen LogP contribution in [0, 0.1) is 0 Å². The Morgan fingerprint density at radius 2 is 2.09 bits per heavy atom. The molecule has 2 aliphatic rings. The Kier molecular flexibility index (Phi) is 6.38. The number of fused-ring (bicyclic) bond motifs is 1. The quantitative estimate of drug-likeness (QED) is 0.492. The summed E-state index contributed by atoms with van der Waals surface area (Å²) in [5, 5.41) is 22.2. The first-order valence-corrected chi connectivity index (χ1v) is 10.5. The minimum absolute atomic E-state index is 0.112. The average Bonchev–Trinajstić information content (AvgIpc) is 2.78. The number of aliphatic carboxylic acids is 1. The van der Waals surface area contributed by atoms with Crippen LogP contribution in [-0.2, 0) is 32.0 Å². The van der Waals surface area contributed by atoms with E-state index in [4.69, 9.17) is 15.6 Å². The Morgan fingerprint density at radius 3 is 2.88 bits per heavy atom. The Hall–Kier alpha value is -3.76.